The van der Waals surface area contributed by atoms with Crippen LogP contribution in [0.2, 0.25) is 0 Å². The quantitative estimate of drug-likeness (QED) is 0.592. The molecule has 1 amide bonds. The molecule has 6 nitrogen and oxygen atoms in total. The van der Waals surface area contributed by atoms with E-state index in [1.165, 1.54) is 0 Å². The molecule has 1 aliphatic rings. The Labute approximate surface area is 121 Å². The Morgan fingerprint density at radius 3 is 2.60 bits per heavy atom. The van der Waals surface area contributed by atoms with Gasteiger partial charge in [-0.25, -0.2) is 4.79 Å². The molecule has 0 aromatic heterocycles. The summed E-state index contributed by atoms with van der Waals surface area (Å²) >= 11 is 0. The minimum Gasteiger partial charge on any atom is -0.444 e. The van der Waals surface area contributed by atoms with Crippen molar-refractivity contribution in [2.45, 2.75) is 58.8 Å². The van der Waals surface area contributed by atoms with E-state index < -0.39 is 5.60 Å². The average molecular weight is 287 g/mol. The van der Waals surface area contributed by atoms with E-state index in [0.717, 1.165) is 6.42 Å². The van der Waals surface area contributed by atoms with E-state index in [2.05, 4.69) is 5.43 Å². The van der Waals surface area contributed by atoms with Gasteiger partial charge in [-0.1, -0.05) is 0 Å². The first-order chi connectivity index (χ1) is 9.23. The molecule has 0 bridgehead atoms. The van der Waals surface area contributed by atoms with Gasteiger partial charge in [0.2, 0.25) is 0 Å². The van der Waals surface area contributed by atoms with Crippen molar-refractivity contribution in [2.24, 2.45) is 11.8 Å². The second-order valence-corrected chi connectivity index (χ2v) is 6.63. The van der Waals surface area contributed by atoms with Crippen LogP contribution in [0.1, 0.15) is 41.0 Å². The summed E-state index contributed by atoms with van der Waals surface area (Å²) in [5.74, 6) is 5.89. The van der Waals surface area contributed by atoms with Crippen molar-refractivity contribution in [3.8, 4) is 0 Å². The lowest BCUT2D eigenvalue weighted by Crippen LogP contribution is -2.46. The molecule has 0 aromatic rings. The van der Waals surface area contributed by atoms with Crippen molar-refractivity contribution < 1.29 is 14.3 Å². The zero-order valence-corrected chi connectivity index (χ0v) is 13.3. The number of nitrogens with two attached hydrogens (primary N) is 1. The van der Waals surface area contributed by atoms with Gasteiger partial charge >= 0.3 is 6.09 Å². The van der Waals surface area contributed by atoms with Crippen molar-refractivity contribution in [2.75, 3.05) is 19.7 Å². The Balaban J connectivity index is 2.46. The second-order valence-electron chi connectivity index (χ2n) is 6.63. The fraction of sp³-hybridized carbons (Fsp3) is 0.929. The summed E-state index contributed by atoms with van der Waals surface area (Å²) < 4.78 is 11.0. The molecule has 1 heterocycles. The third kappa shape index (κ3) is 5.64. The van der Waals surface area contributed by atoms with Gasteiger partial charge in [-0.3, -0.25) is 11.3 Å². The zero-order chi connectivity index (χ0) is 15.3. The Morgan fingerprint density at radius 2 is 2.10 bits per heavy atom. The second kappa shape index (κ2) is 7.24. The number of hydrogen-bond acceptors (Lipinski definition) is 5. The molecule has 0 spiro atoms. The Kier molecular flexibility index (Phi) is 6.23. The van der Waals surface area contributed by atoms with Crippen LogP contribution in [-0.4, -0.2) is 48.4 Å². The molecule has 3 N–H and O–H groups in total. The van der Waals surface area contributed by atoms with Crippen LogP contribution in [0.25, 0.3) is 0 Å². The molecule has 6 heteroatoms. The number of nitrogens with zero attached hydrogens (tertiary/aromatic N) is 1. The molecular formula is C14H29N3O3. The van der Waals surface area contributed by atoms with Gasteiger partial charge in [0.05, 0.1) is 12.7 Å². The van der Waals surface area contributed by atoms with Crippen molar-refractivity contribution in [3.63, 3.8) is 0 Å². The summed E-state index contributed by atoms with van der Waals surface area (Å²) in [5, 5.41) is 0. The number of rotatable bonds is 5. The fourth-order valence-electron chi connectivity index (χ4n) is 2.22. The highest BCUT2D eigenvalue weighted by Crippen LogP contribution is 2.22. The lowest BCUT2D eigenvalue weighted by atomic mass is 10.0. The molecule has 1 aliphatic heterocycles. The maximum atomic E-state index is 12.0. The summed E-state index contributed by atoms with van der Waals surface area (Å²) in [7, 11) is 0. The standard InChI is InChI=1S/C14H29N3O3/c1-10(2)19-9-12(16-15)11-6-7-17(8-11)13(18)20-14(3,4)5/h10-12,16H,6-9,15H2,1-5H3. The molecule has 1 rings (SSSR count). The van der Waals surface area contributed by atoms with E-state index in [4.69, 9.17) is 15.3 Å². The Morgan fingerprint density at radius 1 is 1.45 bits per heavy atom. The average Bonchev–Trinajstić information content (AvgIpc) is 2.76. The van der Waals surface area contributed by atoms with Gasteiger partial charge in [-0.2, -0.15) is 0 Å². The van der Waals surface area contributed by atoms with Gasteiger partial charge in [0.1, 0.15) is 5.60 Å². The van der Waals surface area contributed by atoms with Crippen LogP contribution in [0.15, 0.2) is 0 Å². The van der Waals surface area contributed by atoms with Crippen molar-refractivity contribution in [1.82, 2.24) is 10.3 Å². The van der Waals surface area contributed by atoms with E-state index in [9.17, 15) is 4.79 Å². The summed E-state index contributed by atoms with van der Waals surface area (Å²) in [6.45, 7) is 11.5. The van der Waals surface area contributed by atoms with Gasteiger partial charge in [-0.05, 0) is 47.0 Å². The minimum absolute atomic E-state index is 0.0600. The van der Waals surface area contributed by atoms with Crippen LogP contribution < -0.4 is 11.3 Å². The highest BCUT2D eigenvalue weighted by Gasteiger charge is 2.33. The fourth-order valence-corrected chi connectivity index (χ4v) is 2.22. The lowest BCUT2D eigenvalue weighted by molar-refractivity contribution is 0.0261. The number of ether oxygens (including phenoxy) is 2. The number of likely N-dealkylation sites (tertiary alicyclic amines) is 1. The third-order valence-corrected chi connectivity index (χ3v) is 3.27. The SMILES string of the molecule is CC(C)OCC(NN)C1CCN(C(=O)OC(C)(C)C)C1. The van der Waals surface area contributed by atoms with Gasteiger partial charge in [0, 0.05) is 19.1 Å². The topological polar surface area (TPSA) is 76.8 Å². The summed E-state index contributed by atoms with van der Waals surface area (Å²) in [6.07, 6.45) is 0.838. The number of carbonyl (C=O) groups is 1. The van der Waals surface area contributed by atoms with Crippen molar-refractivity contribution in [3.05, 3.63) is 0 Å². The first kappa shape index (κ1) is 17.2. The highest BCUT2D eigenvalue weighted by atomic mass is 16.6. The molecule has 0 aliphatic carbocycles. The molecular weight excluding hydrogens is 258 g/mol. The smallest absolute Gasteiger partial charge is 0.410 e. The molecule has 0 radical (unpaired) electrons. The number of hydrazine groups is 1. The van der Waals surface area contributed by atoms with E-state index >= 15 is 0 Å². The molecule has 0 saturated carbocycles. The van der Waals surface area contributed by atoms with Crippen LogP contribution in [-0.2, 0) is 9.47 Å². The van der Waals surface area contributed by atoms with E-state index in [1.807, 2.05) is 34.6 Å². The first-order valence-electron chi connectivity index (χ1n) is 7.28. The molecule has 0 aromatic carbocycles. The molecule has 118 valence electrons. The van der Waals surface area contributed by atoms with Crippen LogP contribution in [0.5, 0.6) is 0 Å². The molecule has 1 saturated heterocycles. The Hall–Kier alpha value is -0.850. The monoisotopic (exact) mass is 287 g/mol. The van der Waals surface area contributed by atoms with Gasteiger partial charge in [-0.15, -0.1) is 0 Å². The van der Waals surface area contributed by atoms with E-state index in [0.29, 0.717) is 25.6 Å². The zero-order valence-electron chi connectivity index (χ0n) is 13.3. The summed E-state index contributed by atoms with van der Waals surface area (Å²) in [6, 6.07) is 0.0600. The predicted molar refractivity (Wildman–Crippen MR) is 78.1 cm³/mol. The van der Waals surface area contributed by atoms with Crippen LogP contribution >= 0.6 is 0 Å². The van der Waals surface area contributed by atoms with Gasteiger partial charge in [0.15, 0.2) is 0 Å². The number of amides is 1. The predicted octanol–water partition coefficient (Wildman–Crippen LogP) is 1.50. The number of hydrogen-bond donors (Lipinski definition) is 2. The summed E-state index contributed by atoms with van der Waals surface area (Å²) in [5.41, 5.74) is 2.35. The van der Waals surface area contributed by atoms with Crippen LogP contribution in [0.4, 0.5) is 4.79 Å². The summed E-state index contributed by atoms with van der Waals surface area (Å²) in [4.78, 5) is 13.7. The molecule has 2 unspecified atom stereocenters. The normalized spacial score (nSPS) is 21.4. The van der Waals surface area contributed by atoms with Crippen molar-refractivity contribution >= 4 is 6.09 Å². The minimum atomic E-state index is -0.457. The maximum absolute atomic E-state index is 12.0. The largest absolute Gasteiger partial charge is 0.444 e. The lowest BCUT2D eigenvalue weighted by Gasteiger charge is -2.26. The highest BCUT2D eigenvalue weighted by molar-refractivity contribution is 5.68. The van der Waals surface area contributed by atoms with Crippen LogP contribution in [0, 0.1) is 5.92 Å². The number of nitrogens with one attached hydrogen (secondary N) is 1. The van der Waals surface area contributed by atoms with E-state index in [1.54, 1.807) is 4.90 Å². The molecule has 20 heavy (non-hydrogen) atoms. The molecule has 1 fully saturated rings. The van der Waals surface area contributed by atoms with Crippen molar-refractivity contribution in [1.29, 1.82) is 0 Å². The maximum Gasteiger partial charge on any atom is 0.410 e. The molecule has 2 atom stereocenters. The van der Waals surface area contributed by atoms with Gasteiger partial charge < -0.3 is 14.4 Å². The van der Waals surface area contributed by atoms with E-state index in [-0.39, 0.29) is 18.2 Å². The van der Waals surface area contributed by atoms with Gasteiger partial charge in [0.25, 0.3) is 0 Å². The Bertz CT molecular complexity index is 315. The first-order valence-corrected chi connectivity index (χ1v) is 7.28. The third-order valence-electron chi connectivity index (χ3n) is 3.27. The van der Waals surface area contributed by atoms with Crippen LogP contribution in [0.3, 0.4) is 0 Å². The number of carbonyl (C=O) groups excluding carboxylic acids is 1.